The van der Waals surface area contributed by atoms with Crippen molar-refractivity contribution in [2.75, 3.05) is 18.2 Å². The Morgan fingerprint density at radius 2 is 2.13 bits per heavy atom. The molecular formula is C16H20N4O2S. The lowest BCUT2D eigenvalue weighted by Gasteiger charge is -2.07. The molecule has 23 heavy (non-hydrogen) atoms. The van der Waals surface area contributed by atoms with E-state index in [1.54, 1.807) is 13.2 Å². The van der Waals surface area contributed by atoms with Crippen LogP contribution in [0.5, 0.6) is 5.75 Å². The maximum absolute atomic E-state index is 12.0. The van der Waals surface area contributed by atoms with Crippen LogP contribution in [0, 0.1) is 6.92 Å². The number of rotatable bonds is 8. The van der Waals surface area contributed by atoms with E-state index in [2.05, 4.69) is 22.1 Å². The zero-order valence-electron chi connectivity index (χ0n) is 13.3. The van der Waals surface area contributed by atoms with E-state index in [0.717, 1.165) is 22.4 Å². The fourth-order valence-corrected chi connectivity index (χ4v) is 2.87. The molecule has 0 aliphatic heterocycles. The van der Waals surface area contributed by atoms with Crippen LogP contribution in [-0.2, 0) is 11.3 Å². The Morgan fingerprint density at radius 3 is 2.78 bits per heavy atom. The Hall–Kier alpha value is -2.28. The SMILES string of the molecule is C=CCn1c(C)nnc1SCCC(=O)Nc1ccc(OC)cc1. The zero-order valence-corrected chi connectivity index (χ0v) is 14.1. The monoisotopic (exact) mass is 332 g/mol. The molecule has 0 saturated heterocycles. The smallest absolute Gasteiger partial charge is 0.225 e. The van der Waals surface area contributed by atoms with Gasteiger partial charge in [-0.15, -0.1) is 16.8 Å². The van der Waals surface area contributed by atoms with Gasteiger partial charge < -0.3 is 14.6 Å². The molecular weight excluding hydrogens is 312 g/mol. The quantitative estimate of drug-likeness (QED) is 0.594. The molecule has 1 aromatic carbocycles. The summed E-state index contributed by atoms with van der Waals surface area (Å²) in [7, 11) is 1.61. The lowest BCUT2D eigenvalue weighted by atomic mass is 10.3. The topological polar surface area (TPSA) is 69.0 Å². The number of thioether (sulfide) groups is 1. The van der Waals surface area contributed by atoms with E-state index in [0.29, 0.717) is 18.7 Å². The number of carbonyl (C=O) groups is 1. The Labute approximate surface area is 139 Å². The second-order valence-corrected chi connectivity index (χ2v) is 5.87. The van der Waals surface area contributed by atoms with Gasteiger partial charge in [0.05, 0.1) is 7.11 Å². The molecule has 1 heterocycles. The highest BCUT2D eigenvalue weighted by Crippen LogP contribution is 2.19. The molecule has 122 valence electrons. The number of carbonyl (C=O) groups excluding carboxylic acids is 1. The summed E-state index contributed by atoms with van der Waals surface area (Å²) < 4.78 is 7.05. The number of aromatic nitrogens is 3. The van der Waals surface area contributed by atoms with Crippen LogP contribution in [0.4, 0.5) is 5.69 Å². The van der Waals surface area contributed by atoms with E-state index in [9.17, 15) is 4.79 Å². The van der Waals surface area contributed by atoms with Gasteiger partial charge in [-0.1, -0.05) is 17.8 Å². The van der Waals surface area contributed by atoms with Gasteiger partial charge in [0.15, 0.2) is 5.16 Å². The third-order valence-electron chi connectivity index (χ3n) is 3.15. The number of amides is 1. The van der Waals surface area contributed by atoms with Crippen LogP contribution in [0.1, 0.15) is 12.2 Å². The van der Waals surface area contributed by atoms with E-state index in [4.69, 9.17) is 4.74 Å². The van der Waals surface area contributed by atoms with E-state index < -0.39 is 0 Å². The molecule has 0 unspecified atom stereocenters. The highest BCUT2D eigenvalue weighted by molar-refractivity contribution is 7.99. The molecule has 0 fully saturated rings. The number of hydrogen-bond acceptors (Lipinski definition) is 5. The van der Waals surface area contributed by atoms with Gasteiger partial charge in [-0.05, 0) is 31.2 Å². The number of aryl methyl sites for hydroxylation is 1. The number of benzene rings is 1. The summed E-state index contributed by atoms with van der Waals surface area (Å²) in [6.07, 6.45) is 2.20. The fourth-order valence-electron chi connectivity index (χ4n) is 1.94. The number of nitrogens with zero attached hydrogens (tertiary/aromatic N) is 3. The fraction of sp³-hybridized carbons (Fsp3) is 0.312. The van der Waals surface area contributed by atoms with Crippen molar-refractivity contribution in [3.8, 4) is 5.75 Å². The number of anilines is 1. The summed E-state index contributed by atoms with van der Waals surface area (Å²) in [6, 6.07) is 7.25. The maximum atomic E-state index is 12.0. The Balaban J connectivity index is 1.81. The van der Waals surface area contributed by atoms with Crippen LogP contribution in [0.25, 0.3) is 0 Å². The van der Waals surface area contributed by atoms with Gasteiger partial charge in [-0.3, -0.25) is 4.79 Å². The molecule has 0 radical (unpaired) electrons. The first-order valence-electron chi connectivity index (χ1n) is 7.21. The molecule has 2 aromatic rings. The van der Waals surface area contributed by atoms with Crippen molar-refractivity contribution in [2.45, 2.75) is 25.0 Å². The van der Waals surface area contributed by atoms with Crippen molar-refractivity contribution in [2.24, 2.45) is 0 Å². The molecule has 0 aliphatic rings. The van der Waals surface area contributed by atoms with Crippen LogP contribution < -0.4 is 10.1 Å². The lowest BCUT2D eigenvalue weighted by Crippen LogP contribution is -2.12. The number of allylic oxidation sites excluding steroid dienone is 1. The zero-order chi connectivity index (χ0) is 16.7. The van der Waals surface area contributed by atoms with Crippen LogP contribution >= 0.6 is 11.8 Å². The number of hydrogen-bond donors (Lipinski definition) is 1. The number of ether oxygens (including phenoxy) is 1. The molecule has 1 N–H and O–H groups in total. The molecule has 0 aliphatic carbocycles. The van der Waals surface area contributed by atoms with Crippen molar-refractivity contribution < 1.29 is 9.53 Å². The summed E-state index contributed by atoms with van der Waals surface area (Å²) in [5.74, 6) is 2.21. The third kappa shape index (κ3) is 4.85. The first-order chi connectivity index (χ1) is 11.1. The van der Waals surface area contributed by atoms with Gasteiger partial charge in [0.1, 0.15) is 11.6 Å². The van der Waals surface area contributed by atoms with Crippen LogP contribution in [0.3, 0.4) is 0 Å². The van der Waals surface area contributed by atoms with Crippen molar-refractivity contribution in [3.05, 3.63) is 42.7 Å². The normalized spacial score (nSPS) is 10.3. The number of methoxy groups -OCH3 is 1. The van der Waals surface area contributed by atoms with Crippen molar-refractivity contribution in [1.82, 2.24) is 14.8 Å². The predicted octanol–water partition coefficient (Wildman–Crippen LogP) is 2.90. The van der Waals surface area contributed by atoms with Gasteiger partial charge >= 0.3 is 0 Å². The van der Waals surface area contributed by atoms with E-state index in [-0.39, 0.29) is 5.91 Å². The highest BCUT2D eigenvalue weighted by atomic mass is 32.2. The first kappa shape index (κ1) is 17.1. The van der Waals surface area contributed by atoms with Gasteiger partial charge in [-0.2, -0.15) is 0 Å². The summed E-state index contributed by atoms with van der Waals surface area (Å²) in [5.41, 5.74) is 0.756. The molecule has 2 rings (SSSR count). The summed E-state index contributed by atoms with van der Waals surface area (Å²) in [4.78, 5) is 12.0. The molecule has 0 saturated carbocycles. The largest absolute Gasteiger partial charge is 0.497 e. The van der Waals surface area contributed by atoms with Crippen molar-refractivity contribution in [1.29, 1.82) is 0 Å². The van der Waals surface area contributed by atoms with Crippen LogP contribution in [0.2, 0.25) is 0 Å². The van der Waals surface area contributed by atoms with Crippen LogP contribution in [-0.4, -0.2) is 33.5 Å². The maximum Gasteiger partial charge on any atom is 0.225 e. The minimum atomic E-state index is -0.0332. The lowest BCUT2D eigenvalue weighted by molar-refractivity contribution is -0.115. The summed E-state index contributed by atoms with van der Waals surface area (Å²) in [6.45, 7) is 6.29. The van der Waals surface area contributed by atoms with Crippen LogP contribution in [0.15, 0.2) is 42.1 Å². The molecule has 7 heteroatoms. The van der Waals surface area contributed by atoms with E-state index in [1.165, 1.54) is 11.8 Å². The standard InChI is InChI=1S/C16H20N4O2S/c1-4-10-20-12(2)18-19-16(20)23-11-9-15(21)17-13-5-7-14(22-3)8-6-13/h4-8H,1,9-11H2,2-3H3,(H,17,21). The average molecular weight is 332 g/mol. The van der Waals surface area contributed by atoms with Gasteiger partial charge in [0, 0.05) is 24.4 Å². The first-order valence-corrected chi connectivity index (χ1v) is 8.20. The number of nitrogens with one attached hydrogen (secondary N) is 1. The minimum Gasteiger partial charge on any atom is -0.497 e. The van der Waals surface area contributed by atoms with Crippen molar-refractivity contribution >= 4 is 23.4 Å². The van der Waals surface area contributed by atoms with Gasteiger partial charge in [0.25, 0.3) is 0 Å². The predicted molar refractivity (Wildman–Crippen MR) is 91.9 cm³/mol. The Bertz CT molecular complexity index is 667. The second-order valence-electron chi connectivity index (χ2n) is 4.80. The summed E-state index contributed by atoms with van der Waals surface area (Å²) >= 11 is 1.51. The van der Waals surface area contributed by atoms with E-state index >= 15 is 0 Å². The molecule has 0 spiro atoms. The molecule has 0 atom stereocenters. The Kier molecular flexibility index (Phi) is 6.22. The van der Waals surface area contributed by atoms with Gasteiger partial charge in [-0.25, -0.2) is 0 Å². The molecule has 6 nitrogen and oxygen atoms in total. The molecule has 1 aromatic heterocycles. The van der Waals surface area contributed by atoms with Gasteiger partial charge in [0.2, 0.25) is 5.91 Å². The molecule has 1 amide bonds. The second kappa shape index (κ2) is 8.38. The summed E-state index contributed by atoms with van der Waals surface area (Å²) in [5, 5.41) is 11.8. The van der Waals surface area contributed by atoms with Crippen molar-refractivity contribution in [3.63, 3.8) is 0 Å². The highest BCUT2D eigenvalue weighted by Gasteiger charge is 2.09. The average Bonchev–Trinajstić information content (AvgIpc) is 2.89. The third-order valence-corrected chi connectivity index (χ3v) is 4.12. The molecule has 0 bridgehead atoms. The van der Waals surface area contributed by atoms with E-state index in [1.807, 2.05) is 35.8 Å². The Morgan fingerprint density at radius 1 is 1.39 bits per heavy atom. The minimum absolute atomic E-state index is 0.0332.